The average molecular weight is 524 g/mol. The van der Waals surface area contributed by atoms with E-state index in [1.807, 2.05) is 18.2 Å². The molecule has 0 radical (unpaired) electrons. The molecule has 2 aromatic carbocycles. The van der Waals surface area contributed by atoms with E-state index in [0.29, 0.717) is 17.0 Å². The summed E-state index contributed by atoms with van der Waals surface area (Å²) in [4.78, 5) is 36.8. The number of fused-ring (bicyclic) bond motifs is 1. The number of nitrogens with zero attached hydrogens (tertiary/aromatic N) is 3. The van der Waals surface area contributed by atoms with Gasteiger partial charge in [-0.05, 0) is 36.4 Å². The lowest BCUT2D eigenvalue weighted by atomic mass is 10.1. The smallest absolute Gasteiger partial charge is 0.337 e. The zero-order valence-electron chi connectivity index (χ0n) is 18.0. The molecule has 0 aliphatic heterocycles. The Balaban J connectivity index is 1.69. The summed E-state index contributed by atoms with van der Waals surface area (Å²) >= 11 is 3.50. The van der Waals surface area contributed by atoms with E-state index in [2.05, 4.69) is 36.2 Å². The lowest BCUT2D eigenvalue weighted by molar-refractivity contribution is 0.0599. The maximum absolute atomic E-state index is 12.1. The summed E-state index contributed by atoms with van der Waals surface area (Å²) in [5.74, 6) is -0.483. The third-order valence-corrected chi connectivity index (χ3v) is 5.46. The predicted molar refractivity (Wildman–Crippen MR) is 128 cm³/mol. The van der Waals surface area contributed by atoms with Crippen molar-refractivity contribution in [2.75, 3.05) is 25.3 Å². The van der Waals surface area contributed by atoms with Crippen LogP contribution in [0.4, 0.5) is 17.2 Å². The van der Waals surface area contributed by atoms with Crippen LogP contribution in [-0.2, 0) is 9.47 Å². The fourth-order valence-electron chi connectivity index (χ4n) is 3.17. The Morgan fingerprint density at radius 2 is 1.68 bits per heavy atom. The van der Waals surface area contributed by atoms with Gasteiger partial charge < -0.3 is 25.3 Å². The SMILES string of the molecule is COC(=O)c1cc(Nc2ncnc(Oc3ccc(Br)c4cccnc34)c2N)cc(C(=O)OC)c1. The van der Waals surface area contributed by atoms with Crippen molar-refractivity contribution in [3.05, 3.63) is 70.6 Å². The zero-order chi connectivity index (χ0) is 24.2. The number of benzene rings is 2. The van der Waals surface area contributed by atoms with Crippen molar-refractivity contribution in [2.45, 2.75) is 0 Å². The summed E-state index contributed by atoms with van der Waals surface area (Å²) in [6.07, 6.45) is 2.93. The van der Waals surface area contributed by atoms with Crippen LogP contribution in [0.15, 0.2) is 59.5 Å². The van der Waals surface area contributed by atoms with Crippen LogP contribution in [0.25, 0.3) is 10.9 Å². The number of aromatic nitrogens is 3. The van der Waals surface area contributed by atoms with Gasteiger partial charge in [0.05, 0.1) is 25.3 Å². The van der Waals surface area contributed by atoms with Crippen molar-refractivity contribution in [3.8, 4) is 11.6 Å². The molecule has 2 heterocycles. The Bertz CT molecular complexity index is 1380. The first kappa shape index (κ1) is 22.9. The maximum Gasteiger partial charge on any atom is 0.337 e. The number of carbonyl (C=O) groups excluding carboxylic acids is 2. The highest BCUT2D eigenvalue weighted by Crippen LogP contribution is 2.36. The molecule has 4 rings (SSSR count). The molecule has 34 heavy (non-hydrogen) atoms. The summed E-state index contributed by atoms with van der Waals surface area (Å²) in [6, 6.07) is 11.7. The molecule has 0 aliphatic carbocycles. The largest absolute Gasteiger partial charge is 0.465 e. The summed E-state index contributed by atoms with van der Waals surface area (Å²) in [5, 5.41) is 3.85. The number of anilines is 3. The number of nitrogens with one attached hydrogen (secondary N) is 1. The quantitative estimate of drug-likeness (QED) is 0.347. The van der Waals surface area contributed by atoms with E-state index in [-0.39, 0.29) is 28.5 Å². The van der Waals surface area contributed by atoms with Crippen LogP contribution < -0.4 is 15.8 Å². The normalized spacial score (nSPS) is 10.6. The van der Waals surface area contributed by atoms with Crippen LogP contribution in [0, 0.1) is 0 Å². The first-order chi connectivity index (χ1) is 16.4. The van der Waals surface area contributed by atoms with Crippen LogP contribution in [0.5, 0.6) is 11.6 Å². The van der Waals surface area contributed by atoms with Gasteiger partial charge in [-0.15, -0.1) is 0 Å². The molecular formula is C23H18BrN5O5. The van der Waals surface area contributed by atoms with Crippen LogP contribution in [0.1, 0.15) is 20.7 Å². The molecule has 172 valence electrons. The zero-order valence-corrected chi connectivity index (χ0v) is 19.6. The number of pyridine rings is 1. The Hall–Kier alpha value is -4.25. The molecule has 0 saturated heterocycles. The van der Waals surface area contributed by atoms with Crippen LogP contribution >= 0.6 is 15.9 Å². The van der Waals surface area contributed by atoms with Gasteiger partial charge in [-0.2, -0.15) is 4.98 Å². The topological polar surface area (TPSA) is 139 Å². The van der Waals surface area contributed by atoms with E-state index in [9.17, 15) is 9.59 Å². The number of nitrogen functional groups attached to an aromatic ring is 1. The summed E-state index contributed by atoms with van der Waals surface area (Å²) in [6.45, 7) is 0. The van der Waals surface area contributed by atoms with Crippen molar-refractivity contribution in [2.24, 2.45) is 0 Å². The monoisotopic (exact) mass is 523 g/mol. The van der Waals surface area contributed by atoms with Gasteiger partial charge in [-0.3, -0.25) is 4.98 Å². The molecule has 0 amide bonds. The van der Waals surface area contributed by atoms with Gasteiger partial charge in [0, 0.05) is 21.7 Å². The van der Waals surface area contributed by atoms with Gasteiger partial charge in [0.2, 0.25) is 5.88 Å². The van der Waals surface area contributed by atoms with Gasteiger partial charge in [0.25, 0.3) is 0 Å². The first-order valence-corrected chi connectivity index (χ1v) is 10.6. The van der Waals surface area contributed by atoms with Crippen molar-refractivity contribution in [1.29, 1.82) is 0 Å². The van der Waals surface area contributed by atoms with E-state index >= 15 is 0 Å². The molecule has 0 fully saturated rings. The van der Waals surface area contributed by atoms with E-state index < -0.39 is 11.9 Å². The van der Waals surface area contributed by atoms with Crippen LogP contribution in [0.2, 0.25) is 0 Å². The fraction of sp³-hybridized carbons (Fsp3) is 0.0870. The Labute approximate surface area is 202 Å². The van der Waals surface area contributed by atoms with E-state index in [1.54, 1.807) is 12.3 Å². The second-order valence-corrected chi connectivity index (χ2v) is 7.75. The first-order valence-electron chi connectivity index (χ1n) is 9.81. The molecule has 0 saturated carbocycles. The molecule has 2 aromatic heterocycles. The molecule has 0 bridgehead atoms. The lowest BCUT2D eigenvalue weighted by Gasteiger charge is -2.14. The second kappa shape index (κ2) is 9.71. The standard InChI is InChI=1S/C23H18BrN5O5/c1-32-22(30)12-8-13(23(31)33-2)10-14(9-12)29-20-18(25)21(28-11-27-20)34-17-6-5-16(24)15-4-3-7-26-19(15)17/h3-11H,25H2,1-2H3,(H,27,28,29). The van der Waals surface area contributed by atoms with E-state index in [1.165, 1.54) is 38.7 Å². The minimum absolute atomic E-state index is 0.101. The Morgan fingerprint density at radius 3 is 2.35 bits per heavy atom. The van der Waals surface area contributed by atoms with Gasteiger partial charge >= 0.3 is 11.9 Å². The van der Waals surface area contributed by atoms with Crippen LogP contribution in [-0.4, -0.2) is 41.1 Å². The molecule has 0 aliphatic rings. The second-order valence-electron chi connectivity index (χ2n) is 6.90. The van der Waals surface area contributed by atoms with Gasteiger partial charge in [0.15, 0.2) is 11.6 Å². The lowest BCUT2D eigenvalue weighted by Crippen LogP contribution is -2.09. The predicted octanol–water partition coefficient (Wildman–Crippen LogP) is 4.48. The van der Waals surface area contributed by atoms with Crippen LogP contribution in [0.3, 0.4) is 0 Å². The highest BCUT2D eigenvalue weighted by Gasteiger charge is 2.17. The highest BCUT2D eigenvalue weighted by molar-refractivity contribution is 9.10. The Morgan fingerprint density at radius 1 is 0.971 bits per heavy atom. The average Bonchev–Trinajstić information content (AvgIpc) is 2.87. The van der Waals surface area contributed by atoms with Gasteiger partial charge in [-0.1, -0.05) is 22.0 Å². The molecule has 3 N–H and O–H groups in total. The minimum atomic E-state index is -0.622. The fourth-order valence-corrected chi connectivity index (χ4v) is 3.62. The molecule has 11 heteroatoms. The van der Waals surface area contributed by atoms with Gasteiger partial charge in [0.1, 0.15) is 17.5 Å². The number of hydrogen-bond donors (Lipinski definition) is 2. The number of esters is 2. The maximum atomic E-state index is 12.1. The third kappa shape index (κ3) is 4.59. The van der Waals surface area contributed by atoms with E-state index in [4.69, 9.17) is 19.9 Å². The van der Waals surface area contributed by atoms with Crippen molar-refractivity contribution in [1.82, 2.24) is 15.0 Å². The third-order valence-electron chi connectivity index (χ3n) is 4.77. The highest BCUT2D eigenvalue weighted by atomic mass is 79.9. The number of carbonyl (C=O) groups is 2. The summed E-state index contributed by atoms with van der Waals surface area (Å²) in [5.41, 5.74) is 7.65. The molecule has 0 unspecified atom stereocenters. The molecule has 0 atom stereocenters. The number of hydrogen-bond acceptors (Lipinski definition) is 10. The number of halogens is 1. The molecule has 4 aromatic rings. The summed E-state index contributed by atoms with van der Waals surface area (Å²) in [7, 11) is 2.49. The minimum Gasteiger partial charge on any atom is -0.465 e. The number of methoxy groups -OCH3 is 2. The molecule has 10 nitrogen and oxygen atoms in total. The van der Waals surface area contributed by atoms with Gasteiger partial charge in [-0.25, -0.2) is 14.6 Å². The van der Waals surface area contributed by atoms with Crippen molar-refractivity contribution >= 4 is 56.0 Å². The molecule has 0 spiro atoms. The Kier molecular flexibility index (Phi) is 6.55. The summed E-state index contributed by atoms with van der Waals surface area (Å²) < 4.78 is 16.4. The van der Waals surface area contributed by atoms with Crippen molar-refractivity contribution < 1.29 is 23.8 Å². The number of ether oxygens (including phenoxy) is 3. The van der Waals surface area contributed by atoms with E-state index in [0.717, 1.165) is 9.86 Å². The number of rotatable bonds is 6. The molecular weight excluding hydrogens is 506 g/mol. The van der Waals surface area contributed by atoms with Crippen molar-refractivity contribution in [3.63, 3.8) is 0 Å². The number of nitrogens with two attached hydrogens (primary N) is 1.